The van der Waals surface area contributed by atoms with Gasteiger partial charge in [-0.25, -0.2) is 4.98 Å². The second-order valence-electron chi connectivity index (χ2n) is 4.78. The monoisotopic (exact) mass is 396 g/mol. The molecule has 0 saturated carbocycles. The van der Waals surface area contributed by atoms with Crippen molar-refractivity contribution in [3.63, 3.8) is 0 Å². The minimum atomic E-state index is -1.31. The van der Waals surface area contributed by atoms with Gasteiger partial charge in [-0.1, -0.05) is 23.2 Å². The number of aromatic nitrogens is 2. The van der Waals surface area contributed by atoms with Crippen LogP contribution in [-0.2, 0) is 4.74 Å². The van der Waals surface area contributed by atoms with Crippen molar-refractivity contribution in [1.82, 2.24) is 9.55 Å². The summed E-state index contributed by atoms with van der Waals surface area (Å²) in [5, 5.41) is 30.1. The standard InChI is InChI=1S/C12H11BrCl2N2O4/c13-12-16-6-1-4(14)5(15)2-7(6)17(12)11-10(20)9(19)8(18)3-21-11/h1-2,8-11,18-20H,3H2/t8-,9-,10-,11?/m1/s1. The highest BCUT2D eigenvalue weighted by atomic mass is 79.9. The van der Waals surface area contributed by atoms with E-state index in [0.717, 1.165) is 0 Å². The first-order chi connectivity index (χ1) is 9.90. The van der Waals surface area contributed by atoms with Crippen molar-refractivity contribution in [2.75, 3.05) is 6.61 Å². The van der Waals surface area contributed by atoms with E-state index in [2.05, 4.69) is 20.9 Å². The van der Waals surface area contributed by atoms with Crippen molar-refractivity contribution in [2.45, 2.75) is 24.5 Å². The fourth-order valence-electron chi connectivity index (χ4n) is 2.32. The van der Waals surface area contributed by atoms with E-state index >= 15 is 0 Å². The summed E-state index contributed by atoms with van der Waals surface area (Å²) in [5.41, 5.74) is 1.15. The lowest BCUT2D eigenvalue weighted by molar-refractivity contribution is -0.210. The fourth-order valence-corrected chi connectivity index (χ4v) is 3.22. The van der Waals surface area contributed by atoms with Gasteiger partial charge in [0.05, 0.1) is 27.7 Å². The first kappa shape index (κ1) is 15.5. The molecule has 6 nitrogen and oxygen atoms in total. The summed E-state index contributed by atoms with van der Waals surface area (Å²) < 4.78 is 7.38. The van der Waals surface area contributed by atoms with Gasteiger partial charge >= 0.3 is 0 Å². The third kappa shape index (κ3) is 2.57. The molecule has 1 aromatic heterocycles. The molecule has 9 heteroatoms. The van der Waals surface area contributed by atoms with Gasteiger partial charge in [-0.15, -0.1) is 0 Å². The normalized spacial score (nSPS) is 30.0. The van der Waals surface area contributed by atoms with Crippen molar-refractivity contribution in [1.29, 1.82) is 0 Å². The Balaban J connectivity index is 2.12. The zero-order valence-electron chi connectivity index (χ0n) is 10.4. The molecule has 3 N–H and O–H groups in total. The van der Waals surface area contributed by atoms with Gasteiger partial charge in [-0.2, -0.15) is 0 Å². The van der Waals surface area contributed by atoms with Crippen molar-refractivity contribution < 1.29 is 20.1 Å². The predicted molar refractivity (Wildman–Crippen MR) is 80.5 cm³/mol. The van der Waals surface area contributed by atoms with Gasteiger partial charge in [0.1, 0.15) is 18.3 Å². The second kappa shape index (κ2) is 5.66. The summed E-state index contributed by atoms with van der Waals surface area (Å²) in [6.45, 7) is -0.101. The lowest BCUT2D eigenvalue weighted by Gasteiger charge is -2.36. The number of aliphatic hydroxyl groups is 3. The van der Waals surface area contributed by atoms with Crippen molar-refractivity contribution in [2.24, 2.45) is 0 Å². The number of imidazole rings is 1. The average Bonchev–Trinajstić information content (AvgIpc) is 2.73. The molecule has 114 valence electrons. The van der Waals surface area contributed by atoms with E-state index in [4.69, 9.17) is 27.9 Å². The first-order valence-corrected chi connectivity index (χ1v) is 7.63. The van der Waals surface area contributed by atoms with Gasteiger partial charge in [-0.3, -0.25) is 4.57 Å². The first-order valence-electron chi connectivity index (χ1n) is 6.08. The van der Waals surface area contributed by atoms with Crippen LogP contribution in [0.25, 0.3) is 11.0 Å². The molecular formula is C12H11BrCl2N2O4. The van der Waals surface area contributed by atoms with Gasteiger partial charge in [-0.05, 0) is 28.1 Å². The van der Waals surface area contributed by atoms with Crippen LogP contribution >= 0.6 is 39.1 Å². The highest BCUT2D eigenvalue weighted by Gasteiger charge is 2.39. The number of nitrogens with zero attached hydrogens (tertiary/aromatic N) is 2. The molecule has 2 aromatic rings. The molecule has 1 aromatic carbocycles. The SMILES string of the molecule is O[C@@H]1[C@H](O)COC(n2c(Br)nc3cc(Cl)c(Cl)cc32)[C@@H]1O. The molecule has 0 spiro atoms. The number of benzene rings is 1. The summed E-state index contributed by atoms with van der Waals surface area (Å²) in [4.78, 5) is 4.27. The zero-order chi connectivity index (χ0) is 15.3. The van der Waals surface area contributed by atoms with E-state index in [0.29, 0.717) is 25.8 Å². The Bertz CT molecular complexity index is 695. The maximum atomic E-state index is 10.1. The largest absolute Gasteiger partial charge is 0.388 e. The lowest BCUT2D eigenvalue weighted by Crippen LogP contribution is -2.50. The zero-order valence-corrected chi connectivity index (χ0v) is 13.5. The quantitative estimate of drug-likeness (QED) is 0.681. The molecule has 1 aliphatic heterocycles. The van der Waals surface area contributed by atoms with Gasteiger partial charge in [0.2, 0.25) is 0 Å². The maximum Gasteiger partial charge on any atom is 0.180 e. The third-order valence-electron chi connectivity index (χ3n) is 3.42. The Labute approximate surface area is 138 Å². The molecule has 0 amide bonds. The summed E-state index contributed by atoms with van der Waals surface area (Å²) in [7, 11) is 0. The molecule has 2 heterocycles. The Morgan fingerprint density at radius 2 is 1.86 bits per heavy atom. The van der Waals surface area contributed by atoms with E-state index in [-0.39, 0.29) is 6.61 Å². The van der Waals surface area contributed by atoms with Gasteiger partial charge in [0, 0.05) is 0 Å². The summed E-state index contributed by atoms with van der Waals surface area (Å²) in [6.07, 6.45) is -4.66. The molecule has 1 unspecified atom stereocenters. The van der Waals surface area contributed by atoms with E-state index in [9.17, 15) is 15.3 Å². The highest BCUT2D eigenvalue weighted by molar-refractivity contribution is 9.10. The lowest BCUT2D eigenvalue weighted by atomic mass is 10.0. The number of fused-ring (bicyclic) bond motifs is 1. The molecule has 0 aliphatic carbocycles. The Kier molecular flexibility index (Phi) is 4.17. The molecule has 3 rings (SSSR count). The molecular weight excluding hydrogens is 387 g/mol. The van der Waals surface area contributed by atoms with Crippen LogP contribution in [0.2, 0.25) is 10.0 Å². The maximum absolute atomic E-state index is 10.1. The Morgan fingerprint density at radius 1 is 1.19 bits per heavy atom. The number of hydrogen-bond donors (Lipinski definition) is 3. The summed E-state index contributed by atoms with van der Waals surface area (Å²) in [5.74, 6) is 0. The molecule has 0 bridgehead atoms. The van der Waals surface area contributed by atoms with E-state index in [1.807, 2.05) is 0 Å². The van der Waals surface area contributed by atoms with Crippen molar-refractivity contribution >= 4 is 50.2 Å². The summed E-state index contributed by atoms with van der Waals surface area (Å²) in [6, 6.07) is 3.20. The summed E-state index contributed by atoms with van der Waals surface area (Å²) >= 11 is 15.3. The van der Waals surface area contributed by atoms with Crippen LogP contribution in [0.5, 0.6) is 0 Å². The van der Waals surface area contributed by atoms with Crippen LogP contribution in [0, 0.1) is 0 Å². The third-order valence-corrected chi connectivity index (χ3v) is 4.70. The van der Waals surface area contributed by atoms with Gasteiger partial charge < -0.3 is 20.1 Å². The number of rotatable bonds is 1. The molecule has 1 saturated heterocycles. The van der Waals surface area contributed by atoms with E-state index < -0.39 is 24.5 Å². The molecule has 0 radical (unpaired) electrons. The number of ether oxygens (including phenoxy) is 1. The van der Waals surface area contributed by atoms with Crippen LogP contribution in [-0.4, -0.2) is 49.8 Å². The number of halogens is 3. The molecule has 1 fully saturated rings. The average molecular weight is 398 g/mol. The minimum Gasteiger partial charge on any atom is -0.388 e. The van der Waals surface area contributed by atoms with Crippen LogP contribution in [0.4, 0.5) is 0 Å². The van der Waals surface area contributed by atoms with Crippen molar-refractivity contribution in [3.05, 3.63) is 26.9 Å². The fraction of sp³-hybridized carbons (Fsp3) is 0.417. The molecule has 1 aliphatic rings. The highest BCUT2D eigenvalue weighted by Crippen LogP contribution is 2.35. The van der Waals surface area contributed by atoms with Gasteiger partial charge in [0.25, 0.3) is 0 Å². The van der Waals surface area contributed by atoms with E-state index in [1.54, 1.807) is 16.7 Å². The number of hydrogen-bond acceptors (Lipinski definition) is 5. The molecule has 21 heavy (non-hydrogen) atoms. The smallest absolute Gasteiger partial charge is 0.180 e. The minimum absolute atomic E-state index is 0.101. The van der Waals surface area contributed by atoms with Crippen LogP contribution in [0.15, 0.2) is 16.9 Å². The van der Waals surface area contributed by atoms with Crippen LogP contribution in [0.1, 0.15) is 6.23 Å². The predicted octanol–water partition coefficient (Wildman–Crippen LogP) is 1.72. The van der Waals surface area contributed by atoms with Crippen molar-refractivity contribution in [3.8, 4) is 0 Å². The Hall–Kier alpha value is -0.410. The van der Waals surface area contributed by atoms with E-state index in [1.165, 1.54) is 0 Å². The van der Waals surface area contributed by atoms with Crippen LogP contribution < -0.4 is 0 Å². The second-order valence-corrected chi connectivity index (χ2v) is 6.30. The van der Waals surface area contributed by atoms with Crippen LogP contribution in [0.3, 0.4) is 0 Å². The Morgan fingerprint density at radius 3 is 2.57 bits per heavy atom. The number of aliphatic hydroxyl groups excluding tert-OH is 3. The van der Waals surface area contributed by atoms with Gasteiger partial charge in [0.15, 0.2) is 11.0 Å². The molecule has 4 atom stereocenters. The topological polar surface area (TPSA) is 87.7 Å².